The molecule has 2 saturated heterocycles. The molecule has 11 nitrogen and oxygen atoms in total. The molecule has 0 unspecified atom stereocenters. The second-order valence-corrected chi connectivity index (χ2v) is 6.33. The number of rotatable bonds is 3. The van der Waals surface area contributed by atoms with Gasteiger partial charge >= 0.3 is 0 Å². The number of nitrogens with two attached hydrogens (primary N) is 1. The highest BCUT2D eigenvalue weighted by Crippen LogP contribution is 2.35. The molecule has 2 aliphatic rings. The third kappa shape index (κ3) is 2.47. The fourth-order valence-corrected chi connectivity index (χ4v) is 3.46. The summed E-state index contributed by atoms with van der Waals surface area (Å²) in [7, 11) is 0. The molecule has 4 atom stereocenters. The van der Waals surface area contributed by atoms with Gasteiger partial charge in [-0.3, -0.25) is 14.3 Å². The van der Waals surface area contributed by atoms with E-state index in [0.717, 1.165) is 25.9 Å². The SMILES string of the molecule is Nc1nc2c(nc(N3CCCC3)n2[C@@H]2O[C@H](CO)[C@@H](O)[C@@H]2O)c(=O)[nH]1. The first-order chi connectivity index (χ1) is 12.0. The van der Waals surface area contributed by atoms with Gasteiger partial charge in [-0.2, -0.15) is 4.98 Å². The summed E-state index contributed by atoms with van der Waals surface area (Å²) in [6, 6.07) is 0. The molecule has 136 valence electrons. The fraction of sp³-hybridized carbons (Fsp3) is 0.643. The summed E-state index contributed by atoms with van der Waals surface area (Å²) in [5.41, 5.74) is 5.41. The van der Waals surface area contributed by atoms with Crippen LogP contribution in [0.25, 0.3) is 11.2 Å². The molecule has 0 bridgehead atoms. The number of aliphatic hydroxyl groups is 3. The molecule has 25 heavy (non-hydrogen) atoms. The van der Waals surface area contributed by atoms with Crippen LogP contribution < -0.4 is 16.2 Å². The number of aromatic amines is 1. The van der Waals surface area contributed by atoms with Crippen molar-refractivity contribution in [3.63, 3.8) is 0 Å². The largest absolute Gasteiger partial charge is 0.394 e. The Bertz CT molecular complexity index is 844. The lowest BCUT2D eigenvalue weighted by atomic mass is 10.1. The van der Waals surface area contributed by atoms with Crippen molar-refractivity contribution in [3.05, 3.63) is 10.4 Å². The van der Waals surface area contributed by atoms with Crippen LogP contribution in [0.5, 0.6) is 0 Å². The molecule has 0 radical (unpaired) electrons. The Balaban J connectivity index is 1.91. The van der Waals surface area contributed by atoms with Crippen LogP contribution >= 0.6 is 0 Å². The van der Waals surface area contributed by atoms with Crippen LogP contribution in [0.4, 0.5) is 11.9 Å². The second-order valence-electron chi connectivity index (χ2n) is 6.33. The zero-order valence-corrected chi connectivity index (χ0v) is 13.4. The molecule has 2 aromatic rings. The van der Waals surface area contributed by atoms with Gasteiger partial charge in [-0.15, -0.1) is 0 Å². The minimum Gasteiger partial charge on any atom is -0.394 e. The van der Waals surface area contributed by atoms with E-state index in [2.05, 4.69) is 15.0 Å². The summed E-state index contributed by atoms with van der Waals surface area (Å²) in [4.78, 5) is 25.1. The lowest BCUT2D eigenvalue weighted by Gasteiger charge is -2.23. The van der Waals surface area contributed by atoms with Gasteiger partial charge < -0.3 is 30.7 Å². The summed E-state index contributed by atoms with van der Waals surface area (Å²) in [5.74, 6) is 0.337. The minimum absolute atomic E-state index is 0.0776. The van der Waals surface area contributed by atoms with Crippen molar-refractivity contribution in [1.82, 2.24) is 19.5 Å². The predicted molar refractivity (Wildman–Crippen MR) is 87.0 cm³/mol. The van der Waals surface area contributed by atoms with E-state index >= 15 is 0 Å². The summed E-state index contributed by atoms with van der Waals surface area (Å²) < 4.78 is 7.10. The number of aromatic nitrogens is 4. The summed E-state index contributed by atoms with van der Waals surface area (Å²) >= 11 is 0. The van der Waals surface area contributed by atoms with Gasteiger partial charge in [0.25, 0.3) is 5.56 Å². The number of fused-ring (bicyclic) bond motifs is 1. The number of nitrogen functional groups attached to an aromatic ring is 1. The topological polar surface area (TPSA) is 163 Å². The predicted octanol–water partition coefficient (Wildman–Crippen LogP) is -2.09. The third-order valence-corrected chi connectivity index (χ3v) is 4.71. The highest BCUT2D eigenvalue weighted by Gasteiger charge is 2.45. The van der Waals surface area contributed by atoms with Crippen LogP contribution in [0.1, 0.15) is 19.1 Å². The summed E-state index contributed by atoms with van der Waals surface area (Å²) in [6.45, 7) is 1.04. The zero-order chi connectivity index (χ0) is 17.7. The Kier molecular flexibility index (Phi) is 3.87. The number of anilines is 2. The highest BCUT2D eigenvalue weighted by molar-refractivity contribution is 5.75. The normalized spacial score (nSPS) is 29.8. The average Bonchev–Trinajstić information content (AvgIpc) is 3.27. The van der Waals surface area contributed by atoms with Gasteiger partial charge in [0.2, 0.25) is 11.9 Å². The molecule has 0 aromatic carbocycles. The number of hydrogen-bond acceptors (Lipinski definition) is 9. The average molecular weight is 352 g/mol. The van der Waals surface area contributed by atoms with Crippen LogP contribution in [-0.4, -0.2) is 72.8 Å². The Morgan fingerprint density at radius 3 is 2.60 bits per heavy atom. The molecule has 2 aromatic heterocycles. The van der Waals surface area contributed by atoms with Gasteiger partial charge in [-0.25, -0.2) is 4.98 Å². The van der Waals surface area contributed by atoms with Crippen LogP contribution in [0.2, 0.25) is 0 Å². The maximum absolute atomic E-state index is 12.2. The van der Waals surface area contributed by atoms with Crippen molar-refractivity contribution in [2.24, 2.45) is 0 Å². The Labute approximate surface area is 141 Å². The molecule has 0 aliphatic carbocycles. The Morgan fingerprint density at radius 1 is 1.24 bits per heavy atom. The van der Waals surface area contributed by atoms with Crippen molar-refractivity contribution >= 4 is 23.1 Å². The number of nitrogens with zero attached hydrogens (tertiary/aromatic N) is 4. The Hall–Kier alpha value is -2.21. The maximum atomic E-state index is 12.2. The lowest BCUT2D eigenvalue weighted by molar-refractivity contribution is -0.0504. The molecule has 4 rings (SSSR count). The van der Waals surface area contributed by atoms with E-state index in [-0.39, 0.29) is 17.1 Å². The van der Waals surface area contributed by atoms with Gasteiger partial charge in [-0.05, 0) is 12.8 Å². The minimum atomic E-state index is -1.31. The molecule has 0 spiro atoms. The monoisotopic (exact) mass is 352 g/mol. The van der Waals surface area contributed by atoms with Crippen LogP contribution in [0.15, 0.2) is 4.79 Å². The summed E-state index contributed by atoms with van der Waals surface area (Å²) in [6.07, 6.45) is -2.60. The molecule has 11 heteroatoms. The number of nitrogens with one attached hydrogen (secondary N) is 1. The van der Waals surface area contributed by atoms with Gasteiger partial charge in [-0.1, -0.05) is 0 Å². The molecule has 6 N–H and O–H groups in total. The van der Waals surface area contributed by atoms with Crippen LogP contribution in [0.3, 0.4) is 0 Å². The number of H-pyrrole nitrogens is 1. The number of ether oxygens (including phenoxy) is 1. The fourth-order valence-electron chi connectivity index (χ4n) is 3.46. The maximum Gasteiger partial charge on any atom is 0.280 e. The number of hydrogen-bond donors (Lipinski definition) is 5. The van der Waals surface area contributed by atoms with E-state index in [9.17, 15) is 20.1 Å². The first kappa shape index (κ1) is 16.3. The highest BCUT2D eigenvalue weighted by atomic mass is 16.6. The number of aliphatic hydroxyl groups excluding tert-OH is 3. The molecule has 0 amide bonds. The van der Waals surface area contributed by atoms with E-state index in [4.69, 9.17) is 10.5 Å². The first-order valence-corrected chi connectivity index (χ1v) is 8.16. The van der Waals surface area contributed by atoms with E-state index in [1.54, 1.807) is 0 Å². The summed E-state index contributed by atoms with van der Waals surface area (Å²) in [5, 5.41) is 29.8. The Morgan fingerprint density at radius 2 is 1.96 bits per heavy atom. The van der Waals surface area contributed by atoms with E-state index in [1.807, 2.05) is 4.90 Å². The second kappa shape index (κ2) is 5.95. The van der Waals surface area contributed by atoms with Crippen molar-refractivity contribution in [1.29, 1.82) is 0 Å². The van der Waals surface area contributed by atoms with Crippen LogP contribution in [0, 0.1) is 0 Å². The van der Waals surface area contributed by atoms with Crippen LogP contribution in [-0.2, 0) is 4.74 Å². The van der Waals surface area contributed by atoms with Crippen molar-refractivity contribution in [2.45, 2.75) is 37.4 Å². The van der Waals surface area contributed by atoms with E-state index in [1.165, 1.54) is 4.57 Å². The molecule has 2 fully saturated rings. The number of imidazole rings is 1. The van der Waals surface area contributed by atoms with Crippen molar-refractivity contribution in [2.75, 3.05) is 30.3 Å². The van der Waals surface area contributed by atoms with Gasteiger partial charge in [0.05, 0.1) is 6.61 Å². The quantitative estimate of drug-likeness (QED) is 0.417. The van der Waals surface area contributed by atoms with Crippen molar-refractivity contribution < 1.29 is 20.1 Å². The smallest absolute Gasteiger partial charge is 0.280 e. The standard InChI is InChI=1S/C14H20N6O5/c15-13-17-10-7(11(24)18-13)16-14(19-3-1-2-4-19)20(10)12-9(23)8(22)6(5-21)25-12/h6,8-9,12,21-23H,1-5H2,(H3,15,17,18,24)/t6-,8-,9+,12-/m1/s1. The molecule has 4 heterocycles. The molecular weight excluding hydrogens is 332 g/mol. The van der Waals surface area contributed by atoms with E-state index in [0.29, 0.717) is 5.95 Å². The van der Waals surface area contributed by atoms with Crippen molar-refractivity contribution in [3.8, 4) is 0 Å². The molecule has 2 aliphatic heterocycles. The zero-order valence-electron chi connectivity index (χ0n) is 13.4. The van der Waals surface area contributed by atoms with Gasteiger partial charge in [0.1, 0.15) is 18.3 Å². The first-order valence-electron chi connectivity index (χ1n) is 8.16. The lowest BCUT2D eigenvalue weighted by Crippen LogP contribution is -2.34. The third-order valence-electron chi connectivity index (χ3n) is 4.71. The van der Waals surface area contributed by atoms with E-state index < -0.39 is 36.7 Å². The van der Waals surface area contributed by atoms with Gasteiger partial charge in [0, 0.05) is 13.1 Å². The molecular formula is C14H20N6O5. The molecule has 0 saturated carbocycles. The van der Waals surface area contributed by atoms with Gasteiger partial charge in [0.15, 0.2) is 17.4 Å².